The number of aliphatic imine (C=N–C) groups is 1. The zero-order chi connectivity index (χ0) is 19.6. The van der Waals surface area contributed by atoms with Crippen molar-refractivity contribution >= 4 is 53.1 Å². The number of halogens is 2. The van der Waals surface area contributed by atoms with Gasteiger partial charge in [-0.2, -0.15) is 0 Å². The number of rotatable bonds is 7. The van der Waals surface area contributed by atoms with Crippen molar-refractivity contribution in [2.75, 3.05) is 45.7 Å². The smallest absolute Gasteiger partial charge is 0.226 e. The predicted octanol–water partition coefficient (Wildman–Crippen LogP) is 3.92. The summed E-state index contributed by atoms with van der Waals surface area (Å²) in [6.07, 6.45) is 3.78. The monoisotopic (exact) mass is 522 g/mol. The van der Waals surface area contributed by atoms with E-state index in [0.29, 0.717) is 18.0 Å². The Hall–Kier alpha value is -1.06. The molecule has 0 radical (unpaired) electrons. The first-order valence-corrected chi connectivity index (χ1v) is 9.93. The van der Waals surface area contributed by atoms with Crippen LogP contribution >= 0.6 is 35.6 Å². The maximum atomic E-state index is 12.2. The summed E-state index contributed by atoms with van der Waals surface area (Å²) in [6.45, 7) is 5.12. The van der Waals surface area contributed by atoms with Gasteiger partial charge in [-0.3, -0.25) is 9.79 Å². The molecule has 0 aromatic heterocycles. The molecular formula is C20H32ClIN4O2. The highest BCUT2D eigenvalue weighted by atomic mass is 127. The molecule has 0 unspecified atom stereocenters. The Morgan fingerprint density at radius 1 is 1.36 bits per heavy atom. The molecule has 0 spiro atoms. The molecule has 0 saturated carbocycles. The van der Waals surface area contributed by atoms with Gasteiger partial charge in [0.05, 0.1) is 0 Å². The van der Waals surface area contributed by atoms with Crippen LogP contribution in [0.3, 0.4) is 0 Å². The summed E-state index contributed by atoms with van der Waals surface area (Å²) in [4.78, 5) is 18.6. The molecule has 1 heterocycles. The number of benzene rings is 1. The second kappa shape index (κ2) is 13.2. The predicted molar refractivity (Wildman–Crippen MR) is 127 cm³/mol. The molecule has 1 aliphatic heterocycles. The number of hydrogen-bond acceptors (Lipinski definition) is 3. The van der Waals surface area contributed by atoms with Crippen molar-refractivity contribution in [1.29, 1.82) is 0 Å². The third kappa shape index (κ3) is 8.13. The number of ether oxygens (including phenoxy) is 1. The topological polar surface area (TPSA) is 66.0 Å². The molecule has 0 atom stereocenters. The zero-order valence-electron chi connectivity index (χ0n) is 17.0. The Morgan fingerprint density at radius 3 is 2.75 bits per heavy atom. The molecule has 158 valence electrons. The van der Waals surface area contributed by atoms with Crippen LogP contribution in [0, 0.1) is 12.8 Å². The summed E-state index contributed by atoms with van der Waals surface area (Å²) in [5, 5.41) is 6.83. The number of hydrogen-bond donors (Lipinski definition) is 2. The number of nitrogens with one attached hydrogen (secondary N) is 2. The first kappa shape index (κ1) is 25.0. The summed E-state index contributed by atoms with van der Waals surface area (Å²) in [5.41, 5.74) is 1.63. The molecule has 1 amide bonds. The summed E-state index contributed by atoms with van der Waals surface area (Å²) < 4.78 is 5.41. The second-order valence-electron chi connectivity index (χ2n) is 6.95. The van der Waals surface area contributed by atoms with Gasteiger partial charge in [-0.1, -0.05) is 17.7 Å². The summed E-state index contributed by atoms with van der Waals surface area (Å²) >= 11 is 6.09. The lowest BCUT2D eigenvalue weighted by Gasteiger charge is -2.26. The van der Waals surface area contributed by atoms with Gasteiger partial charge in [0, 0.05) is 57.5 Å². The third-order valence-electron chi connectivity index (χ3n) is 4.96. The molecule has 1 aromatic rings. The SMILES string of the molecule is CN=C(NCCC(=O)Nc1cccc(Cl)c1C)N(C)CCC1CCOCC1.I. The van der Waals surface area contributed by atoms with Gasteiger partial charge in [-0.15, -0.1) is 24.0 Å². The average Bonchev–Trinajstić information content (AvgIpc) is 2.68. The second-order valence-corrected chi connectivity index (χ2v) is 7.36. The number of guanidine groups is 1. The molecule has 2 rings (SSSR count). The quantitative estimate of drug-likeness (QED) is 0.324. The highest BCUT2D eigenvalue weighted by Crippen LogP contribution is 2.23. The first-order chi connectivity index (χ1) is 13.0. The normalized spacial score (nSPS) is 14.9. The molecule has 1 saturated heterocycles. The third-order valence-corrected chi connectivity index (χ3v) is 5.37. The van der Waals surface area contributed by atoms with Gasteiger partial charge in [0.25, 0.3) is 0 Å². The van der Waals surface area contributed by atoms with Crippen LogP contribution in [0.15, 0.2) is 23.2 Å². The van der Waals surface area contributed by atoms with Crippen molar-refractivity contribution in [3.63, 3.8) is 0 Å². The molecular weight excluding hydrogens is 491 g/mol. The van der Waals surface area contributed by atoms with Crippen LogP contribution in [-0.4, -0.2) is 57.2 Å². The van der Waals surface area contributed by atoms with E-state index in [1.54, 1.807) is 7.05 Å². The Bertz CT molecular complexity index is 651. The molecule has 2 N–H and O–H groups in total. The van der Waals surface area contributed by atoms with Gasteiger partial charge in [0.1, 0.15) is 0 Å². The molecule has 8 heteroatoms. The van der Waals surface area contributed by atoms with Crippen molar-refractivity contribution in [3.05, 3.63) is 28.8 Å². The number of amides is 1. The van der Waals surface area contributed by atoms with E-state index < -0.39 is 0 Å². The van der Waals surface area contributed by atoms with Crippen molar-refractivity contribution in [3.8, 4) is 0 Å². The standard InChI is InChI=1S/C20H31ClN4O2.HI/c1-15-17(21)5-4-6-18(15)24-19(26)7-11-23-20(22-2)25(3)12-8-16-9-13-27-14-10-16;/h4-6,16H,7-14H2,1-3H3,(H,22,23)(H,24,26);1H. The van der Waals surface area contributed by atoms with E-state index in [4.69, 9.17) is 16.3 Å². The molecule has 0 aliphatic carbocycles. The van der Waals surface area contributed by atoms with E-state index >= 15 is 0 Å². The van der Waals surface area contributed by atoms with Crippen LogP contribution in [0.5, 0.6) is 0 Å². The van der Waals surface area contributed by atoms with Gasteiger partial charge >= 0.3 is 0 Å². The number of carbonyl (C=O) groups excluding carboxylic acids is 1. The largest absolute Gasteiger partial charge is 0.381 e. The molecule has 1 aliphatic rings. The fourth-order valence-electron chi connectivity index (χ4n) is 3.15. The lowest BCUT2D eigenvalue weighted by Crippen LogP contribution is -2.41. The van der Waals surface area contributed by atoms with Gasteiger partial charge in [0.2, 0.25) is 5.91 Å². The molecule has 1 aromatic carbocycles. The zero-order valence-corrected chi connectivity index (χ0v) is 20.0. The van der Waals surface area contributed by atoms with E-state index in [2.05, 4.69) is 20.5 Å². The highest BCUT2D eigenvalue weighted by Gasteiger charge is 2.15. The molecule has 0 bridgehead atoms. The van der Waals surface area contributed by atoms with Crippen molar-refractivity contribution in [1.82, 2.24) is 10.2 Å². The van der Waals surface area contributed by atoms with Crippen molar-refractivity contribution in [2.45, 2.75) is 32.6 Å². The van der Waals surface area contributed by atoms with Crippen LogP contribution < -0.4 is 10.6 Å². The first-order valence-electron chi connectivity index (χ1n) is 9.55. The van der Waals surface area contributed by atoms with E-state index in [1.165, 1.54) is 0 Å². The van der Waals surface area contributed by atoms with Crippen LogP contribution in [0.2, 0.25) is 5.02 Å². The van der Waals surface area contributed by atoms with Gasteiger partial charge < -0.3 is 20.3 Å². The molecule has 6 nitrogen and oxygen atoms in total. The maximum Gasteiger partial charge on any atom is 0.226 e. The van der Waals surface area contributed by atoms with Gasteiger partial charge in [-0.25, -0.2) is 0 Å². The van der Waals surface area contributed by atoms with Crippen LogP contribution in [-0.2, 0) is 9.53 Å². The molecule has 28 heavy (non-hydrogen) atoms. The Kier molecular flexibility index (Phi) is 11.8. The van der Waals surface area contributed by atoms with E-state index in [9.17, 15) is 4.79 Å². The van der Waals surface area contributed by atoms with Crippen LogP contribution in [0.25, 0.3) is 0 Å². The van der Waals surface area contributed by atoms with E-state index in [0.717, 1.165) is 62.1 Å². The Labute approximate surface area is 190 Å². The van der Waals surface area contributed by atoms with Crippen LogP contribution in [0.1, 0.15) is 31.2 Å². The van der Waals surface area contributed by atoms with E-state index in [1.807, 2.05) is 32.2 Å². The number of anilines is 1. The minimum atomic E-state index is -0.0480. The molecule has 1 fully saturated rings. The van der Waals surface area contributed by atoms with E-state index in [-0.39, 0.29) is 29.9 Å². The van der Waals surface area contributed by atoms with Gasteiger partial charge in [-0.05, 0) is 49.8 Å². The highest BCUT2D eigenvalue weighted by molar-refractivity contribution is 14.0. The minimum Gasteiger partial charge on any atom is -0.381 e. The van der Waals surface area contributed by atoms with Gasteiger partial charge in [0.15, 0.2) is 5.96 Å². The fourth-order valence-corrected chi connectivity index (χ4v) is 3.32. The maximum absolute atomic E-state index is 12.2. The summed E-state index contributed by atoms with van der Waals surface area (Å²) in [7, 11) is 3.80. The fraction of sp³-hybridized carbons (Fsp3) is 0.600. The lowest BCUT2D eigenvalue weighted by molar-refractivity contribution is -0.116. The Morgan fingerprint density at radius 2 is 2.07 bits per heavy atom. The lowest BCUT2D eigenvalue weighted by atomic mass is 9.96. The van der Waals surface area contributed by atoms with Crippen molar-refractivity contribution in [2.24, 2.45) is 10.9 Å². The van der Waals surface area contributed by atoms with Crippen molar-refractivity contribution < 1.29 is 9.53 Å². The summed E-state index contributed by atoms with van der Waals surface area (Å²) in [5.74, 6) is 1.49. The number of carbonyl (C=O) groups is 1. The van der Waals surface area contributed by atoms with Crippen LogP contribution in [0.4, 0.5) is 5.69 Å². The number of nitrogens with zero attached hydrogens (tertiary/aromatic N) is 2. The summed E-state index contributed by atoms with van der Waals surface area (Å²) in [6, 6.07) is 5.50. The Balaban J connectivity index is 0.00000392. The minimum absolute atomic E-state index is 0. The average molecular weight is 523 g/mol.